The Morgan fingerprint density at radius 1 is 1.06 bits per heavy atom. The van der Waals surface area contributed by atoms with Gasteiger partial charge in [-0.2, -0.15) is 13.2 Å². The Morgan fingerprint density at radius 2 is 1.70 bits per heavy atom. The lowest BCUT2D eigenvalue weighted by atomic mass is 9.92. The number of benzene rings is 1. The number of carboxylic acids is 1. The summed E-state index contributed by atoms with van der Waals surface area (Å²) in [6.07, 6.45) is -6.37. The number of rotatable bonds is 13. The fourth-order valence-electron chi connectivity index (χ4n) is 2.81. The Kier molecular flexibility index (Phi) is 10.8. The third kappa shape index (κ3) is 9.06. The maximum atomic E-state index is 13.3. The van der Waals surface area contributed by atoms with E-state index in [4.69, 9.17) is 16.6 Å². The summed E-state index contributed by atoms with van der Waals surface area (Å²) in [6, 6.07) is 7.60. The molecule has 0 spiro atoms. The highest BCUT2D eigenvalue weighted by atomic mass is 19.4. The molecule has 0 fully saturated rings. The van der Waals surface area contributed by atoms with Gasteiger partial charge < -0.3 is 32.5 Å². The van der Waals surface area contributed by atoms with Crippen LogP contribution in [0, 0.1) is 0 Å². The molecule has 0 saturated heterocycles. The molecule has 10 nitrogen and oxygen atoms in total. The predicted octanol–water partition coefficient (Wildman–Crippen LogP) is -0.580. The van der Waals surface area contributed by atoms with Gasteiger partial charge in [-0.25, -0.2) is 0 Å². The second kappa shape index (κ2) is 12.7. The first-order chi connectivity index (χ1) is 15.4. The van der Waals surface area contributed by atoms with Crippen LogP contribution in [0.25, 0.3) is 0 Å². The highest BCUT2D eigenvalue weighted by Crippen LogP contribution is 2.32. The average molecular weight is 475 g/mol. The molecule has 1 aromatic carbocycles. The van der Waals surface area contributed by atoms with Crippen molar-refractivity contribution < 1.29 is 37.5 Å². The molecule has 0 aliphatic heterocycles. The first kappa shape index (κ1) is 27.8. The van der Waals surface area contributed by atoms with Gasteiger partial charge in [0.1, 0.15) is 6.04 Å². The van der Waals surface area contributed by atoms with E-state index in [-0.39, 0.29) is 19.5 Å². The minimum atomic E-state index is -5.09. The lowest BCUT2D eigenvalue weighted by Gasteiger charge is -2.30. The lowest BCUT2D eigenvalue weighted by Crippen LogP contribution is -2.64. The van der Waals surface area contributed by atoms with Gasteiger partial charge in [0.25, 0.3) is 0 Å². The van der Waals surface area contributed by atoms with Gasteiger partial charge in [0.05, 0.1) is 13.0 Å². The van der Waals surface area contributed by atoms with E-state index in [2.05, 4.69) is 10.6 Å². The molecule has 8 N–H and O–H groups in total. The van der Waals surface area contributed by atoms with E-state index >= 15 is 0 Å². The largest absolute Gasteiger partial charge is 0.481 e. The molecule has 0 aromatic heterocycles. The third-order valence-electron chi connectivity index (χ3n) is 4.68. The van der Waals surface area contributed by atoms with E-state index in [1.54, 1.807) is 5.32 Å². The zero-order chi connectivity index (χ0) is 25.1. The van der Waals surface area contributed by atoms with Gasteiger partial charge in [0, 0.05) is 6.54 Å². The van der Waals surface area contributed by atoms with Crippen LogP contribution < -0.4 is 27.4 Å². The van der Waals surface area contributed by atoms with Crippen molar-refractivity contribution in [2.75, 3.05) is 19.6 Å². The number of nitrogens with one attached hydrogen (secondary N) is 3. The molecule has 33 heavy (non-hydrogen) atoms. The number of carbonyl (C=O) groups is 4. The van der Waals surface area contributed by atoms with Gasteiger partial charge in [-0.15, -0.1) is 0 Å². The van der Waals surface area contributed by atoms with Crippen LogP contribution in [0.4, 0.5) is 13.2 Å². The number of carbonyl (C=O) groups excluding carboxylic acids is 3. The highest BCUT2D eigenvalue weighted by molar-refractivity contribution is 5.94. The van der Waals surface area contributed by atoms with E-state index < -0.39 is 60.8 Å². The van der Waals surface area contributed by atoms with Crippen LogP contribution in [0.3, 0.4) is 0 Å². The SMILES string of the molecule is NCCCC(N)(C(=O)NCC(=O)NC(CC(=O)O)C(=O)NCCc1ccccc1)C(F)(F)F. The molecule has 0 radical (unpaired) electrons. The summed E-state index contributed by atoms with van der Waals surface area (Å²) in [7, 11) is 0. The molecule has 0 heterocycles. The number of carboxylic acid groups (broad SMARTS) is 1. The van der Waals surface area contributed by atoms with Crippen LogP contribution in [0.1, 0.15) is 24.8 Å². The second-order valence-corrected chi connectivity index (χ2v) is 7.29. The summed E-state index contributed by atoms with van der Waals surface area (Å²) in [5, 5.41) is 15.4. The quantitative estimate of drug-likeness (QED) is 0.221. The van der Waals surface area contributed by atoms with Crippen LogP contribution in [-0.2, 0) is 25.6 Å². The van der Waals surface area contributed by atoms with Crippen molar-refractivity contribution in [2.45, 2.75) is 43.4 Å². The fraction of sp³-hybridized carbons (Fsp3) is 0.500. The lowest BCUT2D eigenvalue weighted by molar-refractivity contribution is -0.193. The maximum absolute atomic E-state index is 13.3. The minimum absolute atomic E-state index is 0.126. The Hall–Kier alpha value is -3.19. The molecule has 13 heteroatoms. The third-order valence-corrected chi connectivity index (χ3v) is 4.68. The van der Waals surface area contributed by atoms with Crippen LogP contribution in [0.15, 0.2) is 30.3 Å². The second-order valence-electron chi connectivity index (χ2n) is 7.29. The Balaban J connectivity index is 2.67. The molecule has 2 unspecified atom stereocenters. The van der Waals surface area contributed by atoms with Crippen molar-refractivity contribution in [1.82, 2.24) is 16.0 Å². The van der Waals surface area contributed by atoms with Crippen LogP contribution in [0.2, 0.25) is 0 Å². The number of nitrogens with two attached hydrogens (primary N) is 2. The molecule has 2 atom stereocenters. The Labute approximate surface area is 188 Å². The van der Waals surface area contributed by atoms with Gasteiger partial charge in [-0.3, -0.25) is 19.2 Å². The van der Waals surface area contributed by atoms with Gasteiger partial charge in [-0.05, 0) is 31.4 Å². The predicted molar refractivity (Wildman–Crippen MR) is 112 cm³/mol. The summed E-state index contributed by atoms with van der Waals surface area (Å²) in [4.78, 5) is 47.5. The number of hydrogen-bond donors (Lipinski definition) is 6. The summed E-state index contributed by atoms with van der Waals surface area (Å²) < 4.78 is 39.8. The normalized spacial score (nSPS) is 14.0. The number of alkyl halides is 3. The monoisotopic (exact) mass is 475 g/mol. The van der Waals surface area contributed by atoms with Gasteiger partial charge in [0.2, 0.25) is 17.7 Å². The van der Waals surface area contributed by atoms with E-state index in [9.17, 15) is 32.3 Å². The topological polar surface area (TPSA) is 177 Å². The van der Waals surface area contributed by atoms with Crippen molar-refractivity contribution >= 4 is 23.7 Å². The van der Waals surface area contributed by atoms with Crippen LogP contribution in [-0.4, -0.2) is 66.2 Å². The van der Waals surface area contributed by atoms with Crippen molar-refractivity contribution in [2.24, 2.45) is 11.5 Å². The first-order valence-corrected chi connectivity index (χ1v) is 10.1. The van der Waals surface area contributed by atoms with Crippen molar-refractivity contribution in [3.8, 4) is 0 Å². The Morgan fingerprint density at radius 3 is 2.24 bits per heavy atom. The molecule has 3 amide bonds. The smallest absolute Gasteiger partial charge is 0.415 e. The molecule has 1 rings (SSSR count). The van der Waals surface area contributed by atoms with Crippen molar-refractivity contribution in [1.29, 1.82) is 0 Å². The van der Waals surface area contributed by atoms with Crippen LogP contribution in [0.5, 0.6) is 0 Å². The summed E-state index contributed by atoms with van der Waals surface area (Å²) in [6.45, 7) is -0.906. The fourth-order valence-corrected chi connectivity index (χ4v) is 2.81. The van der Waals surface area contributed by atoms with E-state index in [0.29, 0.717) is 6.42 Å². The summed E-state index contributed by atoms with van der Waals surface area (Å²) >= 11 is 0. The molecule has 0 aliphatic carbocycles. The van der Waals surface area contributed by atoms with Crippen molar-refractivity contribution in [3.05, 3.63) is 35.9 Å². The molecule has 0 bridgehead atoms. The number of aliphatic carboxylic acids is 1. The zero-order valence-corrected chi connectivity index (χ0v) is 17.8. The van der Waals surface area contributed by atoms with E-state index in [1.165, 1.54) is 0 Å². The Bertz CT molecular complexity index is 822. The maximum Gasteiger partial charge on any atom is 0.415 e. The number of amides is 3. The molecule has 0 saturated carbocycles. The number of halogens is 3. The van der Waals surface area contributed by atoms with Crippen LogP contribution >= 0.6 is 0 Å². The number of hydrogen-bond acceptors (Lipinski definition) is 6. The molecule has 184 valence electrons. The van der Waals surface area contributed by atoms with Crippen molar-refractivity contribution in [3.63, 3.8) is 0 Å². The molecule has 0 aliphatic rings. The van der Waals surface area contributed by atoms with E-state index in [0.717, 1.165) is 5.56 Å². The first-order valence-electron chi connectivity index (χ1n) is 10.1. The average Bonchev–Trinajstić information content (AvgIpc) is 2.74. The standard InChI is InChI=1S/C20H28F3N5O5/c21-20(22,23)19(25,8-4-9-24)18(33)27-12-15(29)28-14(11-16(30)31)17(32)26-10-7-13-5-2-1-3-6-13/h1-3,5-6,14H,4,7-12,24-25H2,(H,26,32)(H,27,33)(H,28,29)(H,30,31). The summed E-state index contributed by atoms with van der Waals surface area (Å²) in [5.41, 5.74) is 8.10. The summed E-state index contributed by atoms with van der Waals surface area (Å²) in [5.74, 6) is -4.88. The minimum Gasteiger partial charge on any atom is -0.481 e. The molecular formula is C20H28F3N5O5. The van der Waals surface area contributed by atoms with Gasteiger partial charge in [-0.1, -0.05) is 30.3 Å². The molecule has 1 aromatic rings. The highest BCUT2D eigenvalue weighted by Gasteiger charge is 2.56. The van der Waals surface area contributed by atoms with Gasteiger partial charge >= 0.3 is 12.1 Å². The van der Waals surface area contributed by atoms with Gasteiger partial charge in [0.15, 0.2) is 5.54 Å². The molecular weight excluding hydrogens is 447 g/mol. The van der Waals surface area contributed by atoms with E-state index in [1.807, 2.05) is 30.3 Å². The zero-order valence-electron chi connectivity index (χ0n) is 17.8.